The molecule has 0 atom stereocenters. The van der Waals surface area contributed by atoms with Gasteiger partial charge in [-0.25, -0.2) is 9.36 Å². The predicted molar refractivity (Wildman–Crippen MR) is 128 cm³/mol. The Morgan fingerprint density at radius 3 is 2.33 bits per heavy atom. The minimum Gasteiger partial charge on any atom is -0.340 e. The summed E-state index contributed by atoms with van der Waals surface area (Å²) in [5.41, 5.74) is 6.23. The number of nitrogens with zero attached hydrogens (tertiary/aromatic N) is 5. The van der Waals surface area contributed by atoms with Crippen LogP contribution in [0, 0.1) is 20.8 Å². The van der Waals surface area contributed by atoms with Crippen LogP contribution in [0.1, 0.15) is 22.5 Å². The molecule has 2 aromatic carbocycles. The van der Waals surface area contributed by atoms with Crippen LogP contribution in [-0.2, 0) is 17.9 Å². The Bertz CT molecular complexity index is 1350. The molecule has 0 N–H and O–H groups in total. The van der Waals surface area contributed by atoms with Crippen LogP contribution >= 0.6 is 0 Å². The van der Waals surface area contributed by atoms with E-state index in [2.05, 4.69) is 18.1 Å². The highest BCUT2D eigenvalue weighted by Gasteiger charge is 2.19. The van der Waals surface area contributed by atoms with Crippen molar-refractivity contribution in [2.75, 3.05) is 7.05 Å². The third-order valence-corrected chi connectivity index (χ3v) is 5.83. The zero-order valence-corrected chi connectivity index (χ0v) is 19.3. The molecule has 0 saturated carbocycles. The summed E-state index contributed by atoms with van der Waals surface area (Å²) in [4.78, 5) is 26.9. The first-order valence-electron chi connectivity index (χ1n) is 10.8. The first kappa shape index (κ1) is 22.2. The maximum Gasteiger partial charge on any atom is 0.267 e. The Labute approximate surface area is 192 Å². The fourth-order valence-corrected chi connectivity index (χ4v) is 3.84. The van der Waals surface area contributed by atoms with Gasteiger partial charge >= 0.3 is 0 Å². The quantitative estimate of drug-likeness (QED) is 0.458. The van der Waals surface area contributed by atoms with E-state index in [4.69, 9.17) is 5.10 Å². The number of aryl methyl sites for hydroxylation is 2. The number of para-hydroxylation sites is 1. The fraction of sp³-hybridized carbons (Fsp3) is 0.231. The summed E-state index contributed by atoms with van der Waals surface area (Å²) >= 11 is 0. The van der Waals surface area contributed by atoms with Crippen molar-refractivity contribution < 1.29 is 4.79 Å². The minimum absolute atomic E-state index is 0.125. The number of carbonyl (C=O) groups excluding carboxylic acids is 1. The lowest BCUT2D eigenvalue weighted by molar-refractivity contribution is -0.131. The number of hydrogen-bond acceptors (Lipinski definition) is 4. The topological polar surface area (TPSA) is 73.0 Å². The monoisotopic (exact) mass is 441 g/mol. The highest BCUT2D eigenvalue weighted by Crippen LogP contribution is 2.21. The highest BCUT2D eigenvalue weighted by atomic mass is 16.2. The highest BCUT2D eigenvalue weighted by molar-refractivity contribution is 5.75. The number of likely N-dealkylation sites (N-methyl/N-ethyl adjacent to an activating group) is 1. The number of aromatic nitrogens is 4. The average Bonchev–Trinajstić information content (AvgIpc) is 3.09. The molecule has 7 heteroatoms. The van der Waals surface area contributed by atoms with Crippen molar-refractivity contribution in [2.45, 2.75) is 33.9 Å². The van der Waals surface area contributed by atoms with Gasteiger partial charge in [-0.1, -0.05) is 48.5 Å². The first-order valence-corrected chi connectivity index (χ1v) is 10.8. The summed E-state index contributed by atoms with van der Waals surface area (Å²) in [6.45, 7) is 6.28. The largest absolute Gasteiger partial charge is 0.340 e. The molecule has 0 spiro atoms. The van der Waals surface area contributed by atoms with Crippen molar-refractivity contribution in [2.24, 2.45) is 0 Å². The maximum absolute atomic E-state index is 13.0. The van der Waals surface area contributed by atoms with Gasteiger partial charge in [0.15, 0.2) is 0 Å². The van der Waals surface area contributed by atoms with Crippen molar-refractivity contribution in [3.05, 3.63) is 99.6 Å². The predicted octanol–water partition coefficient (Wildman–Crippen LogP) is 3.68. The molecule has 2 heterocycles. The summed E-state index contributed by atoms with van der Waals surface area (Å²) in [6, 6.07) is 20.8. The standard InChI is InChI=1S/C26H27N5O2/c1-18-10-8-9-13-24(18)31-20(3)22(19(2)27-31)16-29(4)26(33)17-30-25(32)15-14-23(28-30)21-11-6-5-7-12-21/h5-15H,16-17H2,1-4H3. The smallest absolute Gasteiger partial charge is 0.267 e. The van der Waals surface area contributed by atoms with Gasteiger partial charge in [-0.15, -0.1) is 0 Å². The van der Waals surface area contributed by atoms with E-state index in [1.807, 2.05) is 67.1 Å². The Kier molecular flexibility index (Phi) is 6.22. The van der Waals surface area contributed by atoms with Crippen LogP contribution in [0.4, 0.5) is 0 Å². The Balaban J connectivity index is 1.54. The van der Waals surface area contributed by atoms with Crippen molar-refractivity contribution in [1.29, 1.82) is 0 Å². The summed E-state index contributed by atoms with van der Waals surface area (Å²) < 4.78 is 3.14. The van der Waals surface area contributed by atoms with E-state index < -0.39 is 0 Å². The van der Waals surface area contributed by atoms with Gasteiger partial charge in [0.05, 0.1) is 17.1 Å². The molecule has 0 aliphatic carbocycles. The second kappa shape index (κ2) is 9.24. The first-order chi connectivity index (χ1) is 15.8. The van der Waals surface area contributed by atoms with Crippen LogP contribution in [0.5, 0.6) is 0 Å². The SMILES string of the molecule is Cc1ccccc1-n1nc(C)c(CN(C)C(=O)Cn2nc(-c3ccccc3)ccc2=O)c1C. The van der Waals surface area contributed by atoms with E-state index in [9.17, 15) is 9.59 Å². The molecule has 4 rings (SSSR count). The van der Waals surface area contributed by atoms with Gasteiger partial charge in [-0.3, -0.25) is 9.59 Å². The van der Waals surface area contributed by atoms with E-state index >= 15 is 0 Å². The molecule has 168 valence electrons. The summed E-state index contributed by atoms with van der Waals surface area (Å²) in [7, 11) is 1.73. The van der Waals surface area contributed by atoms with Crippen LogP contribution in [0.3, 0.4) is 0 Å². The molecule has 0 unspecified atom stereocenters. The average molecular weight is 442 g/mol. The van der Waals surface area contributed by atoms with Gasteiger partial charge in [0.2, 0.25) is 5.91 Å². The molecule has 33 heavy (non-hydrogen) atoms. The Hall–Kier alpha value is -4.00. The van der Waals surface area contributed by atoms with Crippen LogP contribution in [0.15, 0.2) is 71.5 Å². The van der Waals surface area contributed by atoms with Gasteiger partial charge < -0.3 is 4.90 Å². The van der Waals surface area contributed by atoms with Crippen molar-refractivity contribution in [1.82, 2.24) is 24.5 Å². The van der Waals surface area contributed by atoms with Crippen LogP contribution in [-0.4, -0.2) is 37.4 Å². The third kappa shape index (κ3) is 4.62. The van der Waals surface area contributed by atoms with Crippen LogP contribution in [0.2, 0.25) is 0 Å². The molecule has 4 aromatic rings. The van der Waals surface area contributed by atoms with Crippen molar-refractivity contribution in [3.63, 3.8) is 0 Å². The summed E-state index contributed by atoms with van der Waals surface area (Å²) in [5, 5.41) is 9.11. The van der Waals surface area contributed by atoms with E-state index in [1.165, 1.54) is 10.7 Å². The summed E-state index contributed by atoms with van der Waals surface area (Å²) in [6.07, 6.45) is 0. The number of amides is 1. The Morgan fingerprint density at radius 2 is 1.61 bits per heavy atom. The molecule has 0 aliphatic heterocycles. The lowest BCUT2D eigenvalue weighted by Gasteiger charge is -2.18. The Morgan fingerprint density at radius 1 is 0.909 bits per heavy atom. The van der Waals surface area contributed by atoms with Crippen LogP contribution < -0.4 is 5.56 Å². The normalized spacial score (nSPS) is 10.9. The van der Waals surface area contributed by atoms with Gasteiger partial charge in [0.25, 0.3) is 5.56 Å². The molecular formula is C26H27N5O2. The molecule has 7 nitrogen and oxygen atoms in total. The zero-order valence-electron chi connectivity index (χ0n) is 19.3. The molecular weight excluding hydrogens is 414 g/mol. The molecule has 0 radical (unpaired) electrons. The van der Waals surface area contributed by atoms with Gasteiger partial charge in [0, 0.05) is 36.5 Å². The van der Waals surface area contributed by atoms with Gasteiger partial charge in [-0.2, -0.15) is 10.2 Å². The second-order valence-electron chi connectivity index (χ2n) is 8.18. The van der Waals surface area contributed by atoms with E-state index in [-0.39, 0.29) is 18.0 Å². The second-order valence-corrected chi connectivity index (χ2v) is 8.18. The maximum atomic E-state index is 13.0. The molecule has 0 saturated heterocycles. The van der Waals surface area contributed by atoms with Crippen molar-refractivity contribution in [3.8, 4) is 16.9 Å². The van der Waals surface area contributed by atoms with E-state index in [1.54, 1.807) is 18.0 Å². The summed E-state index contributed by atoms with van der Waals surface area (Å²) in [5.74, 6) is -0.197. The number of hydrogen-bond donors (Lipinski definition) is 0. The molecule has 0 bridgehead atoms. The molecule has 0 aliphatic rings. The van der Waals surface area contributed by atoms with E-state index in [0.717, 1.165) is 33.8 Å². The lowest BCUT2D eigenvalue weighted by Crippen LogP contribution is -2.34. The molecule has 2 aromatic heterocycles. The third-order valence-electron chi connectivity index (χ3n) is 5.83. The lowest BCUT2D eigenvalue weighted by atomic mass is 10.1. The molecule has 0 fully saturated rings. The minimum atomic E-state index is -0.309. The van der Waals surface area contributed by atoms with Gasteiger partial charge in [-0.05, 0) is 38.5 Å². The zero-order chi connectivity index (χ0) is 23.5. The fourth-order valence-electron chi connectivity index (χ4n) is 3.84. The number of carbonyl (C=O) groups is 1. The van der Waals surface area contributed by atoms with Crippen LogP contribution in [0.25, 0.3) is 16.9 Å². The molecule has 1 amide bonds. The number of rotatable bonds is 6. The van der Waals surface area contributed by atoms with Crippen molar-refractivity contribution >= 4 is 5.91 Å². The number of benzene rings is 2. The van der Waals surface area contributed by atoms with E-state index in [0.29, 0.717) is 12.2 Å². The van der Waals surface area contributed by atoms with Gasteiger partial charge in [0.1, 0.15) is 6.54 Å².